The normalized spacial score (nSPS) is 25.2. The van der Waals surface area contributed by atoms with E-state index >= 15 is 0 Å². The predicted octanol–water partition coefficient (Wildman–Crippen LogP) is 2.90. The molecule has 6 nitrogen and oxygen atoms in total. The number of hydrogen-bond donors (Lipinski definition) is 1. The summed E-state index contributed by atoms with van der Waals surface area (Å²) < 4.78 is 0. The van der Waals surface area contributed by atoms with Gasteiger partial charge in [-0.15, -0.1) is 0 Å². The Hall–Kier alpha value is -1.92. The van der Waals surface area contributed by atoms with Gasteiger partial charge in [0.15, 0.2) is 0 Å². The van der Waals surface area contributed by atoms with Crippen LogP contribution in [-0.4, -0.2) is 78.9 Å². The summed E-state index contributed by atoms with van der Waals surface area (Å²) in [5, 5.41) is 3.08. The standard InChI is InChI=1S/C25H38N4O2/c1-19-6-5-7-20(2)25(19)26-23(30)17-27-12-14-28(15-13-27)18-24(31)29-11-10-21-8-3-4-9-22(21)16-29/h5-7,21-22H,3-4,8-18H2,1-2H3,(H,26,30)/t21-,22-/m0/s1. The molecule has 1 aromatic carbocycles. The highest BCUT2D eigenvalue weighted by molar-refractivity contribution is 5.93. The second kappa shape index (κ2) is 10.1. The van der Waals surface area contributed by atoms with E-state index in [0.29, 0.717) is 19.0 Å². The summed E-state index contributed by atoms with van der Waals surface area (Å²) >= 11 is 0. The minimum Gasteiger partial charge on any atom is -0.341 e. The number of rotatable bonds is 5. The first-order valence-electron chi connectivity index (χ1n) is 12.1. The van der Waals surface area contributed by atoms with E-state index in [1.54, 1.807) is 0 Å². The van der Waals surface area contributed by atoms with Crippen LogP contribution in [0, 0.1) is 25.7 Å². The largest absolute Gasteiger partial charge is 0.341 e. The lowest BCUT2D eigenvalue weighted by Crippen LogP contribution is -2.53. The molecule has 4 rings (SSSR count). The second-order valence-electron chi connectivity index (χ2n) is 9.80. The Bertz CT molecular complexity index is 767. The van der Waals surface area contributed by atoms with Gasteiger partial charge >= 0.3 is 0 Å². The van der Waals surface area contributed by atoms with E-state index in [0.717, 1.165) is 67.9 Å². The number of piperazine rings is 1. The van der Waals surface area contributed by atoms with E-state index in [1.807, 2.05) is 32.0 Å². The Labute approximate surface area is 187 Å². The van der Waals surface area contributed by atoms with Crippen LogP contribution in [0.4, 0.5) is 5.69 Å². The maximum Gasteiger partial charge on any atom is 0.238 e. The van der Waals surface area contributed by atoms with Crippen LogP contribution in [0.5, 0.6) is 0 Å². The molecule has 1 aliphatic carbocycles. The highest BCUT2D eigenvalue weighted by atomic mass is 16.2. The maximum atomic E-state index is 12.9. The van der Waals surface area contributed by atoms with Gasteiger partial charge in [-0.1, -0.05) is 37.5 Å². The SMILES string of the molecule is Cc1cccc(C)c1NC(=O)CN1CCN(CC(=O)N2CC[C@@H]3CCCC[C@H]3C2)CC1. The molecule has 1 saturated carbocycles. The number of carbonyl (C=O) groups is 2. The number of para-hydroxylation sites is 1. The number of aryl methyl sites for hydroxylation is 2. The van der Waals surface area contributed by atoms with Crippen LogP contribution in [-0.2, 0) is 9.59 Å². The van der Waals surface area contributed by atoms with E-state index in [4.69, 9.17) is 0 Å². The average Bonchev–Trinajstić information content (AvgIpc) is 2.77. The minimum atomic E-state index is 0.0391. The van der Waals surface area contributed by atoms with E-state index in [9.17, 15) is 9.59 Å². The summed E-state index contributed by atoms with van der Waals surface area (Å²) in [6.07, 6.45) is 6.58. The number of likely N-dealkylation sites (tertiary alicyclic amines) is 1. The first-order valence-corrected chi connectivity index (χ1v) is 12.1. The van der Waals surface area contributed by atoms with Crippen molar-refractivity contribution in [2.75, 3.05) is 57.7 Å². The molecule has 2 saturated heterocycles. The van der Waals surface area contributed by atoms with Crippen LogP contribution in [0.3, 0.4) is 0 Å². The van der Waals surface area contributed by atoms with Crippen molar-refractivity contribution in [2.24, 2.45) is 11.8 Å². The fourth-order valence-corrected chi connectivity index (χ4v) is 5.62. The molecule has 2 heterocycles. The van der Waals surface area contributed by atoms with E-state index in [1.165, 1.54) is 32.1 Å². The third-order valence-corrected chi connectivity index (χ3v) is 7.58. The number of piperidine rings is 1. The quantitative estimate of drug-likeness (QED) is 0.787. The molecule has 31 heavy (non-hydrogen) atoms. The number of carbonyl (C=O) groups excluding carboxylic acids is 2. The Balaban J connectivity index is 1.19. The van der Waals surface area contributed by atoms with Crippen molar-refractivity contribution in [3.63, 3.8) is 0 Å². The number of amides is 2. The Morgan fingerprint density at radius 3 is 2.16 bits per heavy atom. The van der Waals surface area contributed by atoms with Crippen molar-refractivity contribution in [3.8, 4) is 0 Å². The van der Waals surface area contributed by atoms with Crippen molar-refractivity contribution >= 4 is 17.5 Å². The number of fused-ring (bicyclic) bond motifs is 1. The summed E-state index contributed by atoms with van der Waals surface area (Å²) in [6, 6.07) is 6.06. The molecule has 6 heteroatoms. The second-order valence-corrected chi connectivity index (χ2v) is 9.80. The van der Waals surface area contributed by atoms with Gasteiger partial charge in [-0.2, -0.15) is 0 Å². The zero-order chi connectivity index (χ0) is 21.8. The van der Waals surface area contributed by atoms with Crippen LogP contribution in [0.2, 0.25) is 0 Å². The molecule has 0 spiro atoms. The van der Waals surface area contributed by atoms with Crippen molar-refractivity contribution in [1.29, 1.82) is 0 Å². The smallest absolute Gasteiger partial charge is 0.238 e. The van der Waals surface area contributed by atoms with Gasteiger partial charge < -0.3 is 10.2 Å². The van der Waals surface area contributed by atoms with Gasteiger partial charge in [0.25, 0.3) is 0 Å². The Morgan fingerprint density at radius 1 is 0.871 bits per heavy atom. The van der Waals surface area contributed by atoms with Crippen LogP contribution >= 0.6 is 0 Å². The summed E-state index contributed by atoms with van der Waals surface area (Å²) in [7, 11) is 0. The van der Waals surface area contributed by atoms with Crippen molar-refractivity contribution in [3.05, 3.63) is 29.3 Å². The molecule has 1 aromatic rings. The molecule has 0 unspecified atom stereocenters. The number of benzene rings is 1. The van der Waals surface area contributed by atoms with E-state index in [2.05, 4.69) is 20.0 Å². The van der Waals surface area contributed by atoms with Crippen molar-refractivity contribution in [1.82, 2.24) is 14.7 Å². The average molecular weight is 427 g/mol. The van der Waals surface area contributed by atoms with Gasteiger partial charge in [-0.25, -0.2) is 0 Å². The lowest BCUT2D eigenvalue weighted by atomic mass is 9.75. The van der Waals surface area contributed by atoms with Gasteiger partial charge in [0.2, 0.25) is 11.8 Å². The third-order valence-electron chi connectivity index (χ3n) is 7.58. The number of nitrogens with zero attached hydrogens (tertiary/aromatic N) is 3. The molecule has 0 aromatic heterocycles. The predicted molar refractivity (Wildman–Crippen MR) is 124 cm³/mol. The highest BCUT2D eigenvalue weighted by Crippen LogP contribution is 2.36. The molecule has 3 fully saturated rings. The molecule has 2 aliphatic heterocycles. The number of hydrogen-bond acceptors (Lipinski definition) is 4. The Morgan fingerprint density at radius 2 is 1.48 bits per heavy atom. The van der Waals surface area contributed by atoms with Gasteiger partial charge in [0.05, 0.1) is 13.1 Å². The molecule has 2 atom stereocenters. The monoisotopic (exact) mass is 426 g/mol. The van der Waals surface area contributed by atoms with Gasteiger partial charge in [0.1, 0.15) is 0 Å². The highest BCUT2D eigenvalue weighted by Gasteiger charge is 2.33. The zero-order valence-electron chi connectivity index (χ0n) is 19.2. The first-order chi connectivity index (χ1) is 15.0. The molecular formula is C25H38N4O2. The third kappa shape index (κ3) is 5.66. The van der Waals surface area contributed by atoms with Crippen LogP contribution in [0.25, 0.3) is 0 Å². The van der Waals surface area contributed by atoms with E-state index < -0.39 is 0 Å². The summed E-state index contributed by atoms with van der Waals surface area (Å²) in [4.78, 5) is 32.0. The zero-order valence-corrected chi connectivity index (χ0v) is 19.2. The van der Waals surface area contributed by atoms with Gasteiger partial charge in [0, 0.05) is 45.0 Å². The molecule has 0 bridgehead atoms. The molecule has 2 amide bonds. The van der Waals surface area contributed by atoms with E-state index in [-0.39, 0.29) is 5.91 Å². The molecule has 3 aliphatic rings. The fraction of sp³-hybridized carbons (Fsp3) is 0.680. The maximum absolute atomic E-state index is 12.9. The summed E-state index contributed by atoms with van der Waals surface area (Å²) in [5.41, 5.74) is 3.11. The number of anilines is 1. The van der Waals surface area contributed by atoms with Crippen molar-refractivity contribution in [2.45, 2.75) is 46.0 Å². The lowest BCUT2D eigenvalue weighted by molar-refractivity contribution is -0.136. The molecule has 0 radical (unpaired) electrons. The van der Waals surface area contributed by atoms with Crippen molar-refractivity contribution < 1.29 is 9.59 Å². The van der Waals surface area contributed by atoms with Gasteiger partial charge in [-0.3, -0.25) is 19.4 Å². The molecule has 170 valence electrons. The number of nitrogens with one attached hydrogen (secondary N) is 1. The minimum absolute atomic E-state index is 0.0391. The Kier molecular flexibility index (Phi) is 7.28. The van der Waals surface area contributed by atoms with Crippen LogP contribution in [0.15, 0.2) is 18.2 Å². The fourth-order valence-electron chi connectivity index (χ4n) is 5.62. The van der Waals surface area contributed by atoms with Crippen LogP contribution in [0.1, 0.15) is 43.2 Å². The van der Waals surface area contributed by atoms with Crippen LogP contribution < -0.4 is 5.32 Å². The molecule has 1 N–H and O–H groups in total. The van der Waals surface area contributed by atoms with Gasteiger partial charge in [-0.05, 0) is 49.7 Å². The summed E-state index contributed by atoms with van der Waals surface area (Å²) in [5.74, 6) is 1.93. The molecular weight excluding hydrogens is 388 g/mol. The topological polar surface area (TPSA) is 55.9 Å². The summed E-state index contributed by atoms with van der Waals surface area (Å²) in [6.45, 7) is 10.3. The first kappa shape index (κ1) is 22.3. The lowest BCUT2D eigenvalue weighted by Gasteiger charge is -2.42.